The van der Waals surface area contributed by atoms with Crippen LogP contribution in [0.25, 0.3) is 11.3 Å². The summed E-state index contributed by atoms with van der Waals surface area (Å²) in [5.41, 5.74) is 2.63. The molecule has 2 aromatic heterocycles. The van der Waals surface area contributed by atoms with E-state index >= 15 is 0 Å². The zero-order valence-corrected chi connectivity index (χ0v) is 16.0. The molecule has 1 aromatic carbocycles. The van der Waals surface area contributed by atoms with Crippen molar-refractivity contribution in [3.63, 3.8) is 0 Å². The van der Waals surface area contributed by atoms with Crippen LogP contribution in [-0.4, -0.2) is 29.0 Å². The van der Waals surface area contributed by atoms with Crippen LogP contribution >= 0.6 is 0 Å². The molecule has 1 N–H and O–H groups in total. The number of halogens is 2. The van der Waals surface area contributed by atoms with Crippen molar-refractivity contribution in [3.05, 3.63) is 82.3 Å². The van der Waals surface area contributed by atoms with E-state index in [1.807, 2.05) is 0 Å². The van der Waals surface area contributed by atoms with E-state index in [1.54, 1.807) is 18.3 Å². The molecule has 0 bridgehead atoms. The SMILES string of the molecule is COC(=O)Cc1ccc(Cc2cc(-c3c(F)cccc3F)nc3c2C(=O)NC3)nc1. The molecule has 1 amide bonds. The molecule has 1 aliphatic rings. The van der Waals surface area contributed by atoms with E-state index in [4.69, 9.17) is 0 Å². The van der Waals surface area contributed by atoms with E-state index < -0.39 is 11.6 Å². The Kier molecular flexibility index (Phi) is 5.22. The van der Waals surface area contributed by atoms with E-state index in [9.17, 15) is 18.4 Å². The van der Waals surface area contributed by atoms with Crippen LogP contribution < -0.4 is 5.32 Å². The summed E-state index contributed by atoms with van der Waals surface area (Å²) in [6.07, 6.45) is 1.93. The fraction of sp³-hybridized carbons (Fsp3) is 0.182. The second-order valence-electron chi connectivity index (χ2n) is 6.86. The van der Waals surface area contributed by atoms with Crippen molar-refractivity contribution in [3.8, 4) is 11.3 Å². The van der Waals surface area contributed by atoms with E-state index in [0.29, 0.717) is 28.1 Å². The van der Waals surface area contributed by atoms with Crippen LogP contribution in [0.15, 0.2) is 42.6 Å². The zero-order chi connectivity index (χ0) is 21.3. The summed E-state index contributed by atoms with van der Waals surface area (Å²) < 4.78 is 33.2. The van der Waals surface area contributed by atoms with Gasteiger partial charge in [-0.1, -0.05) is 12.1 Å². The Bertz CT molecular complexity index is 1130. The van der Waals surface area contributed by atoms with Crippen molar-refractivity contribution >= 4 is 11.9 Å². The Labute approximate surface area is 170 Å². The van der Waals surface area contributed by atoms with Crippen molar-refractivity contribution in [2.75, 3.05) is 7.11 Å². The smallest absolute Gasteiger partial charge is 0.310 e. The van der Waals surface area contributed by atoms with Crippen LogP contribution in [0.2, 0.25) is 0 Å². The van der Waals surface area contributed by atoms with Crippen LogP contribution in [0.5, 0.6) is 0 Å². The molecule has 0 unspecified atom stereocenters. The van der Waals surface area contributed by atoms with Crippen molar-refractivity contribution < 1.29 is 23.1 Å². The molecule has 0 aliphatic carbocycles. The highest BCUT2D eigenvalue weighted by molar-refractivity contribution is 5.99. The Balaban J connectivity index is 1.72. The summed E-state index contributed by atoms with van der Waals surface area (Å²) in [4.78, 5) is 32.3. The van der Waals surface area contributed by atoms with Gasteiger partial charge in [0.25, 0.3) is 5.91 Å². The third-order valence-electron chi connectivity index (χ3n) is 4.87. The molecule has 3 heterocycles. The summed E-state index contributed by atoms with van der Waals surface area (Å²) in [5, 5.41) is 2.70. The molecule has 6 nitrogen and oxygen atoms in total. The third-order valence-corrected chi connectivity index (χ3v) is 4.87. The van der Waals surface area contributed by atoms with Crippen LogP contribution in [0.4, 0.5) is 8.78 Å². The lowest BCUT2D eigenvalue weighted by Gasteiger charge is -2.11. The number of carbonyl (C=O) groups is 2. The summed E-state index contributed by atoms with van der Waals surface area (Å²) in [5.74, 6) is -2.10. The number of amides is 1. The number of benzene rings is 1. The van der Waals surface area contributed by atoms with Crippen molar-refractivity contribution in [1.82, 2.24) is 15.3 Å². The van der Waals surface area contributed by atoms with Crippen LogP contribution in [0.3, 0.4) is 0 Å². The van der Waals surface area contributed by atoms with Gasteiger partial charge in [0.2, 0.25) is 0 Å². The van der Waals surface area contributed by atoms with Gasteiger partial charge in [-0.3, -0.25) is 14.6 Å². The monoisotopic (exact) mass is 409 g/mol. The minimum atomic E-state index is -0.726. The summed E-state index contributed by atoms with van der Waals surface area (Å²) >= 11 is 0. The fourth-order valence-electron chi connectivity index (χ4n) is 3.42. The molecule has 0 saturated carbocycles. The second kappa shape index (κ2) is 7.98. The number of pyridine rings is 2. The quantitative estimate of drug-likeness (QED) is 0.656. The Morgan fingerprint density at radius 3 is 2.60 bits per heavy atom. The highest BCUT2D eigenvalue weighted by Crippen LogP contribution is 2.30. The molecule has 30 heavy (non-hydrogen) atoms. The van der Waals surface area contributed by atoms with E-state index in [0.717, 1.165) is 12.1 Å². The number of ether oxygens (including phenoxy) is 1. The number of nitrogens with one attached hydrogen (secondary N) is 1. The summed E-state index contributed by atoms with van der Waals surface area (Å²) in [7, 11) is 1.31. The molecular formula is C22H17F2N3O3. The van der Waals surface area contributed by atoms with Gasteiger partial charge in [0.05, 0.1) is 42.6 Å². The average molecular weight is 409 g/mol. The number of aromatic nitrogens is 2. The highest BCUT2D eigenvalue weighted by atomic mass is 19.1. The van der Waals surface area contributed by atoms with E-state index in [1.165, 1.54) is 19.2 Å². The van der Waals surface area contributed by atoms with Crippen molar-refractivity contribution in [2.45, 2.75) is 19.4 Å². The predicted octanol–water partition coefficient (Wildman–Crippen LogP) is 2.97. The zero-order valence-electron chi connectivity index (χ0n) is 16.0. The van der Waals surface area contributed by atoms with Gasteiger partial charge in [-0.05, 0) is 35.4 Å². The minimum absolute atomic E-state index is 0.105. The van der Waals surface area contributed by atoms with Gasteiger partial charge < -0.3 is 10.1 Å². The molecule has 0 radical (unpaired) electrons. The third kappa shape index (κ3) is 3.76. The molecule has 1 aliphatic heterocycles. The maximum atomic E-state index is 14.3. The number of hydrogen-bond acceptors (Lipinski definition) is 5. The molecular weight excluding hydrogens is 392 g/mol. The average Bonchev–Trinajstić information content (AvgIpc) is 3.10. The Morgan fingerprint density at radius 2 is 1.93 bits per heavy atom. The molecule has 0 atom stereocenters. The van der Waals surface area contributed by atoms with Gasteiger partial charge in [-0.2, -0.15) is 0 Å². The molecule has 0 spiro atoms. The van der Waals surface area contributed by atoms with Crippen LogP contribution in [-0.2, 0) is 28.9 Å². The summed E-state index contributed by atoms with van der Waals surface area (Å²) in [6.45, 7) is 0.191. The first-order valence-electron chi connectivity index (χ1n) is 9.22. The van der Waals surface area contributed by atoms with Crippen LogP contribution in [0, 0.1) is 11.6 Å². The van der Waals surface area contributed by atoms with Crippen molar-refractivity contribution in [1.29, 1.82) is 0 Å². The van der Waals surface area contributed by atoms with Crippen LogP contribution in [0.1, 0.15) is 32.9 Å². The second-order valence-corrected chi connectivity index (χ2v) is 6.86. The van der Waals surface area contributed by atoms with Gasteiger partial charge in [0, 0.05) is 18.3 Å². The van der Waals surface area contributed by atoms with E-state index in [2.05, 4.69) is 20.0 Å². The minimum Gasteiger partial charge on any atom is -0.469 e. The normalized spacial score (nSPS) is 12.4. The number of hydrogen-bond donors (Lipinski definition) is 1. The first kappa shape index (κ1) is 19.6. The number of carbonyl (C=O) groups excluding carboxylic acids is 2. The number of esters is 1. The van der Waals surface area contributed by atoms with Gasteiger partial charge >= 0.3 is 5.97 Å². The first-order chi connectivity index (χ1) is 14.5. The number of nitrogens with zero attached hydrogens (tertiary/aromatic N) is 2. The molecule has 8 heteroatoms. The Hall–Kier alpha value is -3.68. The number of rotatable bonds is 5. The number of fused-ring (bicyclic) bond motifs is 1. The van der Waals surface area contributed by atoms with Crippen molar-refractivity contribution in [2.24, 2.45) is 0 Å². The molecule has 0 fully saturated rings. The lowest BCUT2D eigenvalue weighted by molar-refractivity contribution is -0.139. The van der Waals surface area contributed by atoms with Gasteiger partial charge in [-0.15, -0.1) is 0 Å². The highest BCUT2D eigenvalue weighted by Gasteiger charge is 2.26. The van der Waals surface area contributed by atoms with Gasteiger partial charge in [0.1, 0.15) is 11.6 Å². The maximum Gasteiger partial charge on any atom is 0.310 e. The van der Waals surface area contributed by atoms with Gasteiger partial charge in [-0.25, -0.2) is 13.8 Å². The first-order valence-corrected chi connectivity index (χ1v) is 9.22. The largest absolute Gasteiger partial charge is 0.469 e. The lowest BCUT2D eigenvalue weighted by atomic mass is 9.98. The number of methoxy groups -OCH3 is 1. The summed E-state index contributed by atoms with van der Waals surface area (Å²) in [6, 6.07) is 8.62. The molecule has 152 valence electrons. The molecule has 3 aromatic rings. The van der Waals surface area contributed by atoms with E-state index in [-0.39, 0.29) is 42.5 Å². The predicted molar refractivity (Wildman–Crippen MR) is 104 cm³/mol. The molecule has 0 saturated heterocycles. The Morgan fingerprint density at radius 1 is 1.17 bits per heavy atom. The van der Waals surface area contributed by atoms with Gasteiger partial charge in [0.15, 0.2) is 0 Å². The molecule has 4 rings (SSSR count). The maximum absolute atomic E-state index is 14.3. The lowest BCUT2D eigenvalue weighted by Crippen LogP contribution is -2.14. The standard InChI is InChI=1S/C22H17F2N3O3/c1-30-19(28)7-12-5-6-14(25-10-12)8-13-9-17(21-15(23)3-2-4-16(21)24)27-18-11-26-22(29)20(13)18/h2-6,9-10H,7-8,11H2,1H3,(H,26,29). The fourth-order valence-corrected chi connectivity index (χ4v) is 3.42. The topological polar surface area (TPSA) is 81.2 Å².